The molecule has 0 aliphatic carbocycles. The van der Waals surface area contributed by atoms with Crippen molar-refractivity contribution in [1.82, 2.24) is 14.5 Å². The normalized spacial score (nSPS) is 12.1. The Bertz CT molecular complexity index is 1030. The van der Waals surface area contributed by atoms with Crippen molar-refractivity contribution in [2.75, 3.05) is 7.05 Å². The largest absolute Gasteiger partial charge is 0.340 e. The van der Waals surface area contributed by atoms with Crippen LogP contribution >= 0.6 is 11.8 Å². The van der Waals surface area contributed by atoms with Crippen molar-refractivity contribution in [2.45, 2.75) is 50.2 Å². The average Bonchev–Trinajstić information content (AvgIpc) is 2.73. The van der Waals surface area contributed by atoms with E-state index in [0.717, 1.165) is 18.4 Å². The van der Waals surface area contributed by atoms with Crippen molar-refractivity contribution >= 4 is 28.6 Å². The van der Waals surface area contributed by atoms with E-state index in [9.17, 15) is 9.59 Å². The summed E-state index contributed by atoms with van der Waals surface area (Å²) in [7, 11) is 1.81. The van der Waals surface area contributed by atoms with Crippen LogP contribution in [0.25, 0.3) is 10.9 Å². The van der Waals surface area contributed by atoms with E-state index >= 15 is 0 Å². The molecule has 1 atom stereocenters. The lowest BCUT2D eigenvalue weighted by atomic mass is 10.2. The van der Waals surface area contributed by atoms with Crippen LogP contribution in [0, 0.1) is 0 Å². The van der Waals surface area contributed by atoms with Gasteiger partial charge in [-0.15, -0.1) is 0 Å². The van der Waals surface area contributed by atoms with Gasteiger partial charge in [-0.1, -0.05) is 67.6 Å². The lowest BCUT2D eigenvalue weighted by molar-refractivity contribution is -0.129. The summed E-state index contributed by atoms with van der Waals surface area (Å²) in [6.07, 6.45) is 1.88. The highest BCUT2D eigenvalue weighted by atomic mass is 32.2. The smallest absolute Gasteiger partial charge is 0.262 e. The summed E-state index contributed by atoms with van der Waals surface area (Å²) in [6, 6.07) is 17.3. The highest BCUT2D eigenvalue weighted by molar-refractivity contribution is 8.00. The fourth-order valence-electron chi connectivity index (χ4n) is 3.21. The van der Waals surface area contributed by atoms with Crippen LogP contribution in [0.1, 0.15) is 32.3 Å². The summed E-state index contributed by atoms with van der Waals surface area (Å²) in [5.74, 6) is 0.0169. The van der Waals surface area contributed by atoms with E-state index in [4.69, 9.17) is 4.98 Å². The Morgan fingerprint density at radius 3 is 2.55 bits per heavy atom. The first-order chi connectivity index (χ1) is 14.0. The van der Waals surface area contributed by atoms with E-state index in [1.54, 1.807) is 9.47 Å². The van der Waals surface area contributed by atoms with Crippen LogP contribution in [-0.2, 0) is 17.9 Å². The number of thioether (sulfide) groups is 1. The number of fused-ring (bicyclic) bond motifs is 1. The summed E-state index contributed by atoms with van der Waals surface area (Å²) in [5.41, 5.74) is 1.72. The third kappa shape index (κ3) is 5.07. The summed E-state index contributed by atoms with van der Waals surface area (Å²) in [6.45, 7) is 5.13. The van der Waals surface area contributed by atoms with E-state index < -0.39 is 0 Å². The number of unbranched alkanes of at least 4 members (excludes halogenated alkanes) is 1. The van der Waals surface area contributed by atoms with E-state index in [1.807, 2.05) is 68.6 Å². The third-order valence-corrected chi connectivity index (χ3v) is 5.91. The van der Waals surface area contributed by atoms with Gasteiger partial charge in [0.25, 0.3) is 5.56 Å². The van der Waals surface area contributed by atoms with Crippen LogP contribution in [0.2, 0.25) is 0 Å². The average molecular weight is 410 g/mol. The Hall–Kier alpha value is -2.60. The van der Waals surface area contributed by atoms with Crippen molar-refractivity contribution in [3.05, 3.63) is 70.5 Å². The molecule has 0 saturated carbocycles. The van der Waals surface area contributed by atoms with Crippen LogP contribution in [0.15, 0.2) is 64.5 Å². The first-order valence-corrected chi connectivity index (χ1v) is 10.8. The van der Waals surface area contributed by atoms with Gasteiger partial charge < -0.3 is 4.90 Å². The molecule has 1 heterocycles. The molecule has 0 bridgehead atoms. The Morgan fingerprint density at radius 1 is 1.14 bits per heavy atom. The molecule has 0 radical (unpaired) electrons. The maximum Gasteiger partial charge on any atom is 0.262 e. The van der Waals surface area contributed by atoms with Gasteiger partial charge in [0.2, 0.25) is 5.91 Å². The fourth-order valence-corrected chi connectivity index (χ4v) is 4.25. The standard InChI is InChI=1S/C23H27N3O2S/c1-4-5-15-26-22(28)19-13-9-10-14-20(19)24-23(26)29-17(2)21(27)25(3)16-18-11-7-6-8-12-18/h6-14,17H,4-5,15-16H2,1-3H3/t17-/m1/s1. The molecule has 0 aliphatic rings. The Labute approximate surface area is 175 Å². The molecule has 2 aromatic carbocycles. The molecule has 1 aromatic heterocycles. The van der Waals surface area contributed by atoms with Crippen molar-refractivity contribution in [2.24, 2.45) is 0 Å². The van der Waals surface area contributed by atoms with Crippen molar-refractivity contribution in [3.63, 3.8) is 0 Å². The lowest BCUT2D eigenvalue weighted by Crippen LogP contribution is -2.33. The van der Waals surface area contributed by atoms with Gasteiger partial charge in [-0.25, -0.2) is 4.98 Å². The SMILES string of the molecule is CCCCn1c(S[C@H](C)C(=O)N(C)Cc2ccccc2)nc2ccccc2c1=O. The molecule has 0 aliphatic heterocycles. The van der Waals surface area contributed by atoms with Gasteiger partial charge in [0.1, 0.15) is 0 Å². The lowest BCUT2D eigenvalue weighted by Gasteiger charge is -2.22. The molecular formula is C23H27N3O2S. The summed E-state index contributed by atoms with van der Waals surface area (Å²) in [5, 5.41) is 0.883. The van der Waals surface area contributed by atoms with Gasteiger partial charge in [-0.3, -0.25) is 14.2 Å². The molecule has 1 amide bonds. The summed E-state index contributed by atoms with van der Waals surface area (Å²) >= 11 is 1.36. The molecular weight excluding hydrogens is 382 g/mol. The summed E-state index contributed by atoms with van der Waals surface area (Å²) in [4.78, 5) is 32.3. The van der Waals surface area contributed by atoms with Crippen LogP contribution < -0.4 is 5.56 Å². The predicted molar refractivity (Wildman–Crippen MR) is 119 cm³/mol. The second-order valence-corrected chi connectivity index (χ2v) is 8.47. The van der Waals surface area contributed by atoms with Gasteiger partial charge in [-0.05, 0) is 31.0 Å². The van der Waals surface area contributed by atoms with Crippen LogP contribution in [-0.4, -0.2) is 32.7 Å². The number of hydrogen-bond donors (Lipinski definition) is 0. The number of carbonyl (C=O) groups excluding carboxylic acids is 1. The predicted octanol–water partition coefficient (Wildman–Crippen LogP) is 4.34. The van der Waals surface area contributed by atoms with Gasteiger partial charge >= 0.3 is 0 Å². The van der Waals surface area contributed by atoms with Gasteiger partial charge in [0, 0.05) is 20.1 Å². The number of carbonyl (C=O) groups is 1. The van der Waals surface area contributed by atoms with E-state index in [2.05, 4.69) is 6.92 Å². The minimum atomic E-state index is -0.343. The molecule has 3 rings (SSSR count). The highest BCUT2D eigenvalue weighted by Gasteiger charge is 2.22. The minimum Gasteiger partial charge on any atom is -0.340 e. The van der Waals surface area contributed by atoms with E-state index in [1.165, 1.54) is 11.8 Å². The number of rotatable bonds is 8. The van der Waals surface area contributed by atoms with E-state index in [-0.39, 0.29) is 16.7 Å². The molecule has 0 fully saturated rings. The van der Waals surface area contributed by atoms with Crippen molar-refractivity contribution in [1.29, 1.82) is 0 Å². The Kier molecular flexibility index (Phi) is 7.09. The van der Waals surface area contributed by atoms with Gasteiger partial charge in [-0.2, -0.15) is 0 Å². The second kappa shape index (κ2) is 9.74. The number of aromatic nitrogens is 2. The number of amides is 1. The summed E-state index contributed by atoms with van der Waals surface area (Å²) < 4.78 is 1.72. The molecule has 3 aromatic rings. The molecule has 0 N–H and O–H groups in total. The minimum absolute atomic E-state index is 0.0169. The quantitative estimate of drug-likeness (QED) is 0.410. The van der Waals surface area contributed by atoms with E-state index in [0.29, 0.717) is 29.1 Å². The van der Waals surface area contributed by atoms with Gasteiger partial charge in [0.15, 0.2) is 5.16 Å². The molecule has 6 heteroatoms. The fraction of sp³-hybridized carbons (Fsp3) is 0.348. The molecule has 0 spiro atoms. The Balaban J connectivity index is 1.83. The maximum atomic E-state index is 13.0. The monoisotopic (exact) mass is 409 g/mol. The molecule has 152 valence electrons. The number of benzene rings is 2. The molecule has 5 nitrogen and oxygen atoms in total. The maximum absolute atomic E-state index is 13.0. The van der Waals surface area contributed by atoms with Crippen molar-refractivity contribution in [3.8, 4) is 0 Å². The highest BCUT2D eigenvalue weighted by Crippen LogP contribution is 2.24. The third-order valence-electron chi connectivity index (χ3n) is 4.83. The first-order valence-electron chi connectivity index (χ1n) is 9.96. The zero-order chi connectivity index (χ0) is 20.8. The van der Waals surface area contributed by atoms with Crippen LogP contribution in [0.5, 0.6) is 0 Å². The molecule has 29 heavy (non-hydrogen) atoms. The van der Waals surface area contributed by atoms with Crippen molar-refractivity contribution < 1.29 is 4.79 Å². The number of para-hydroxylation sites is 1. The van der Waals surface area contributed by atoms with Crippen LogP contribution in [0.3, 0.4) is 0 Å². The molecule has 0 saturated heterocycles. The first kappa shape index (κ1) is 21.1. The van der Waals surface area contributed by atoms with Gasteiger partial charge in [0.05, 0.1) is 16.2 Å². The second-order valence-electron chi connectivity index (χ2n) is 7.16. The molecule has 0 unspecified atom stereocenters. The zero-order valence-electron chi connectivity index (χ0n) is 17.2. The zero-order valence-corrected chi connectivity index (χ0v) is 18.0. The number of nitrogens with zero attached hydrogens (tertiary/aromatic N) is 3. The van der Waals surface area contributed by atoms with Crippen LogP contribution in [0.4, 0.5) is 0 Å². The topological polar surface area (TPSA) is 55.2 Å². The number of hydrogen-bond acceptors (Lipinski definition) is 4. The Morgan fingerprint density at radius 2 is 1.83 bits per heavy atom.